The van der Waals surface area contributed by atoms with Gasteiger partial charge in [-0.25, -0.2) is 13.4 Å². The van der Waals surface area contributed by atoms with Crippen LogP contribution in [0.2, 0.25) is 0 Å². The van der Waals surface area contributed by atoms with E-state index in [1.54, 1.807) is 24.0 Å². The first-order valence-electron chi connectivity index (χ1n) is 8.14. The Labute approximate surface area is 146 Å². The number of sulfonamides is 1. The van der Waals surface area contributed by atoms with E-state index in [0.29, 0.717) is 32.1 Å². The van der Waals surface area contributed by atoms with Gasteiger partial charge in [0.15, 0.2) is 5.03 Å². The van der Waals surface area contributed by atoms with Crippen LogP contribution >= 0.6 is 0 Å². The molecule has 2 saturated heterocycles. The molecule has 25 heavy (non-hydrogen) atoms. The molecule has 2 aromatic rings. The lowest BCUT2D eigenvalue weighted by atomic mass is 9.83. The fraction of sp³-hybridized carbons (Fsp3) is 0.500. The predicted octanol–water partition coefficient (Wildman–Crippen LogP) is 0.674. The maximum absolute atomic E-state index is 12.6. The van der Waals surface area contributed by atoms with Crippen LogP contribution in [0.5, 0.6) is 5.75 Å². The summed E-state index contributed by atoms with van der Waals surface area (Å²) in [5.41, 5.74) is -0.454. The van der Waals surface area contributed by atoms with Gasteiger partial charge in [-0.05, 0) is 18.6 Å². The molecule has 2 aliphatic heterocycles. The van der Waals surface area contributed by atoms with Gasteiger partial charge in [0.05, 0.1) is 19.1 Å². The summed E-state index contributed by atoms with van der Waals surface area (Å²) in [5.74, 6) is 0.865. The quantitative estimate of drug-likeness (QED) is 0.775. The number of imidazole rings is 1. The highest BCUT2D eigenvalue weighted by atomic mass is 32.2. The van der Waals surface area contributed by atoms with E-state index in [4.69, 9.17) is 9.47 Å². The number of aromatic nitrogens is 3. The van der Waals surface area contributed by atoms with E-state index >= 15 is 0 Å². The topological polar surface area (TPSA) is 86.6 Å². The minimum absolute atomic E-state index is 0.0750. The molecule has 8 nitrogen and oxygen atoms in total. The van der Waals surface area contributed by atoms with Gasteiger partial charge in [0.1, 0.15) is 11.4 Å². The van der Waals surface area contributed by atoms with E-state index in [0.717, 1.165) is 6.42 Å². The monoisotopic (exact) mass is 364 g/mol. The lowest BCUT2D eigenvalue weighted by Crippen LogP contribution is -2.66. The summed E-state index contributed by atoms with van der Waals surface area (Å²) in [5, 5.41) is 0.0750. The molecule has 1 atom stereocenters. The summed E-state index contributed by atoms with van der Waals surface area (Å²) < 4.78 is 40.0. The lowest BCUT2D eigenvalue weighted by molar-refractivity contribution is -0.107. The third-order valence-electron chi connectivity index (χ3n) is 4.86. The van der Waals surface area contributed by atoms with E-state index in [2.05, 4.69) is 9.97 Å². The maximum atomic E-state index is 12.6. The van der Waals surface area contributed by atoms with E-state index in [1.165, 1.54) is 16.8 Å². The van der Waals surface area contributed by atoms with Gasteiger partial charge in [0.25, 0.3) is 10.0 Å². The second kappa shape index (κ2) is 6.08. The van der Waals surface area contributed by atoms with Crippen LogP contribution in [0, 0.1) is 5.92 Å². The zero-order valence-electron chi connectivity index (χ0n) is 13.9. The van der Waals surface area contributed by atoms with Crippen LogP contribution in [0.4, 0.5) is 0 Å². The smallest absolute Gasteiger partial charge is 0.262 e. The third-order valence-corrected chi connectivity index (χ3v) is 6.54. The molecule has 1 spiro atoms. The number of hydrogen-bond donors (Lipinski definition) is 0. The van der Waals surface area contributed by atoms with Crippen molar-refractivity contribution in [1.82, 2.24) is 18.8 Å². The van der Waals surface area contributed by atoms with Crippen molar-refractivity contribution in [2.45, 2.75) is 17.0 Å². The van der Waals surface area contributed by atoms with E-state index in [9.17, 15) is 8.42 Å². The number of nitrogens with zero attached hydrogens (tertiary/aromatic N) is 4. The summed E-state index contributed by atoms with van der Waals surface area (Å²) in [7, 11) is -1.82. The average molecular weight is 364 g/mol. The Bertz CT molecular complexity index is 846. The molecule has 2 fully saturated rings. The normalized spacial score (nSPS) is 22.8. The molecule has 2 aliphatic rings. The Morgan fingerprint density at radius 1 is 1.44 bits per heavy atom. The van der Waals surface area contributed by atoms with Crippen LogP contribution < -0.4 is 4.74 Å². The molecule has 134 valence electrons. The number of aryl methyl sites for hydroxylation is 1. The van der Waals surface area contributed by atoms with Crippen molar-refractivity contribution in [1.29, 1.82) is 0 Å². The van der Waals surface area contributed by atoms with Crippen molar-refractivity contribution < 1.29 is 17.9 Å². The largest absolute Gasteiger partial charge is 0.492 e. The first-order valence-corrected chi connectivity index (χ1v) is 9.58. The second-order valence-corrected chi connectivity index (χ2v) is 8.43. The van der Waals surface area contributed by atoms with Crippen molar-refractivity contribution >= 4 is 10.0 Å². The summed E-state index contributed by atoms with van der Waals surface area (Å²) in [4.78, 5) is 7.99. The minimum Gasteiger partial charge on any atom is -0.492 e. The Balaban J connectivity index is 1.42. The molecule has 0 amide bonds. The first-order chi connectivity index (χ1) is 12.0. The van der Waals surface area contributed by atoms with Gasteiger partial charge in [0.2, 0.25) is 0 Å². The van der Waals surface area contributed by atoms with Crippen molar-refractivity contribution in [3.05, 3.63) is 37.1 Å². The molecule has 0 radical (unpaired) electrons. The van der Waals surface area contributed by atoms with Gasteiger partial charge >= 0.3 is 0 Å². The molecule has 2 aromatic heterocycles. The fourth-order valence-electron chi connectivity index (χ4n) is 3.37. The Hall–Kier alpha value is -1.97. The summed E-state index contributed by atoms with van der Waals surface area (Å²) >= 11 is 0. The third kappa shape index (κ3) is 2.92. The van der Waals surface area contributed by atoms with Crippen LogP contribution in [-0.4, -0.2) is 59.2 Å². The van der Waals surface area contributed by atoms with Crippen molar-refractivity contribution in [2.75, 3.05) is 26.3 Å². The van der Waals surface area contributed by atoms with Crippen molar-refractivity contribution in [3.63, 3.8) is 0 Å². The highest BCUT2D eigenvalue weighted by Gasteiger charge is 2.57. The Morgan fingerprint density at radius 3 is 2.96 bits per heavy atom. The maximum Gasteiger partial charge on any atom is 0.262 e. The molecule has 0 bridgehead atoms. The van der Waals surface area contributed by atoms with Gasteiger partial charge in [-0.2, -0.15) is 4.31 Å². The number of hydrogen-bond acceptors (Lipinski definition) is 6. The number of rotatable bonds is 5. The molecule has 4 heterocycles. The molecule has 4 rings (SSSR count). The summed E-state index contributed by atoms with van der Waals surface area (Å²) in [6, 6.07) is 3.68. The van der Waals surface area contributed by atoms with Crippen LogP contribution in [0.1, 0.15) is 6.42 Å². The molecular formula is C16H20N4O4S. The Morgan fingerprint density at radius 2 is 2.28 bits per heavy atom. The number of pyridine rings is 1. The predicted molar refractivity (Wildman–Crippen MR) is 88.5 cm³/mol. The van der Waals surface area contributed by atoms with Crippen LogP contribution in [0.15, 0.2) is 42.1 Å². The van der Waals surface area contributed by atoms with Gasteiger partial charge in [-0.1, -0.05) is 0 Å². The summed E-state index contributed by atoms with van der Waals surface area (Å²) in [6.45, 7) is 1.79. The van der Waals surface area contributed by atoms with Gasteiger partial charge in [-0.15, -0.1) is 0 Å². The van der Waals surface area contributed by atoms with E-state index < -0.39 is 15.6 Å². The van der Waals surface area contributed by atoms with Crippen LogP contribution in [0.25, 0.3) is 0 Å². The average Bonchev–Trinajstić information content (AvgIpc) is 3.19. The first kappa shape index (κ1) is 16.5. The number of ether oxygens (including phenoxy) is 2. The molecule has 0 aromatic carbocycles. The molecule has 0 saturated carbocycles. The van der Waals surface area contributed by atoms with Gasteiger partial charge < -0.3 is 14.0 Å². The molecule has 0 N–H and O–H groups in total. The molecular weight excluding hydrogens is 344 g/mol. The molecule has 9 heteroatoms. The zero-order chi connectivity index (χ0) is 17.5. The second-order valence-electron chi connectivity index (χ2n) is 6.55. The Kier molecular flexibility index (Phi) is 4.01. The van der Waals surface area contributed by atoms with Gasteiger partial charge in [0, 0.05) is 45.1 Å². The van der Waals surface area contributed by atoms with Crippen molar-refractivity contribution in [2.24, 2.45) is 13.0 Å². The lowest BCUT2D eigenvalue weighted by Gasteiger charge is -2.48. The van der Waals surface area contributed by atoms with E-state index in [1.807, 2.05) is 12.1 Å². The fourth-order valence-corrected chi connectivity index (χ4v) is 4.90. The summed E-state index contributed by atoms with van der Waals surface area (Å²) in [6.07, 6.45) is 7.22. The SMILES string of the molecule is Cn1cnc(S(=O)(=O)N2CC3(C2)OCC[C@@H]3COc2cccnc2)c1. The van der Waals surface area contributed by atoms with Crippen molar-refractivity contribution in [3.8, 4) is 5.75 Å². The minimum atomic E-state index is -3.56. The van der Waals surface area contributed by atoms with Crippen LogP contribution in [0.3, 0.4) is 0 Å². The standard InChI is InChI=1S/C16H20N4O4S/c1-19-8-15(18-12-19)25(21,22)20-10-16(11-20)13(4-6-24-16)9-23-14-3-2-5-17-7-14/h2-3,5,7-8,12-13H,4,6,9-11H2,1H3/t13-/m1/s1. The zero-order valence-corrected chi connectivity index (χ0v) is 14.7. The highest BCUT2D eigenvalue weighted by molar-refractivity contribution is 7.89. The molecule has 0 aliphatic carbocycles. The highest BCUT2D eigenvalue weighted by Crippen LogP contribution is 2.42. The van der Waals surface area contributed by atoms with Gasteiger partial charge in [-0.3, -0.25) is 4.98 Å². The van der Waals surface area contributed by atoms with E-state index in [-0.39, 0.29) is 10.9 Å². The molecule has 0 unspecified atom stereocenters. The van der Waals surface area contributed by atoms with Crippen LogP contribution in [-0.2, 0) is 21.8 Å².